The molecule has 24 heavy (non-hydrogen) atoms. The van der Waals surface area contributed by atoms with E-state index >= 15 is 0 Å². The molecule has 5 atom stereocenters. The van der Waals surface area contributed by atoms with Gasteiger partial charge in [-0.05, 0) is 0 Å². The molecular formula is C11H18BBrN5O5P. The van der Waals surface area contributed by atoms with Crippen molar-refractivity contribution in [2.24, 2.45) is 0 Å². The van der Waals surface area contributed by atoms with Crippen LogP contribution in [0.5, 0.6) is 0 Å². The third kappa shape index (κ3) is 2.57. The molecule has 4 rings (SSSR count). The van der Waals surface area contributed by atoms with Crippen molar-refractivity contribution in [3.63, 3.8) is 0 Å². The number of nitrogens with zero attached hydrogens (tertiary/aromatic N) is 3. The van der Waals surface area contributed by atoms with Gasteiger partial charge in [0.2, 0.25) is 0 Å². The standard InChI is InChI=1S/C11H18BBrN5O5P/c1-20-7-6-4(2-21-24(12,19)23-6)22-10(7)18-9-5(17-11(18)13)8(14)15-3-16-9/h3-4,6-7,10-11,17,19,24H,2,12H2,1H3,(H2,14,15,16)/t4?,6-,7?,10?,11?/m1/s1. The average molecular weight is 422 g/mol. The van der Waals surface area contributed by atoms with Crippen molar-refractivity contribution in [1.29, 1.82) is 0 Å². The van der Waals surface area contributed by atoms with Gasteiger partial charge in [0, 0.05) is 0 Å². The number of methoxy groups -OCH3 is 1. The summed E-state index contributed by atoms with van der Waals surface area (Å²) in [6.07, 6.45) is -0.283. The maximum atomic E-state index is 10.1. The van der Waals surface area contributed by atoms with Crippen molar-refractivity contribution in [2.75, 3.05) is 29.7 Å². The van der Waals surface area contributed by atoms with Crippen LogP contribution < -0.4 is 16.0 Å². The van der Waals surface area contributed by atoms with Crippen LogP contribution in [-0.4, -0.2) is 65.8 Å². The van der Waals surface area contributed by atoms with Crippen molar-refractivity contribution in [1.82, 2.24) is 9.97 Å². The molecule has 0 bridgehead atoms. The molecule has 0 saturated carbocycles. The van der Waals surface area contributed by atoms with E-state index in [0.29, 0.717) is 17.3 Å². The van der Waals surface area contributed by atoms with E-state index in [9.17, 15) is 4.89 Å². The molecule has 132 valence electrons. The Balaban J connectivity index is 1.66. The van der Waals surface area contributed by atoms with Crippen LogP contribution in [0.25, 0.3) is 0 Å². The molecule has 0 amide bonds. The van der Waals surface area contributed by atoms with Crippen LogP contribution in [0.3, 0.4) is 0 Å². The molecule has 3 aliphatic rings. The molecule has 3 aliphatic heterocycles. The summed E-state index contributed by atoms with van der Waals surface area (Å²) in [5, 5.41) is 2.88. The number of nitrogens with two attached hydrogens (primary N) is 1. The Morgan fingerprint density at radius 2 is 2.38 bits per heavy atom. The van der Waals surface area contributed by atoms with Crippen LogP contribution >= 0.6 is 23.8 Å². The summed E-state index contributed by atoms with van der Waals surface area (Å²) in [7, 11) is 0.0117. The normalized spacial score (nSPS) is 38.3. The third-order valence-electron chi connectivity index (χ3n) is 4.31. The molecule has 0 spiro atoms. The molecule has 13 heteroatoms. The van der Waals surface area contributed by atoms with Crippen molar-refractivity contribution in [3.05, 3.63) is 6.33 Å². The topological polar surface area (TPSA) is 124 Å². The number of nitrogen functional groups attached to an aromatic ring is 1. The minimum absolute atomic E-state index is 0.257. The Morgan fingerprint density at radius 1 is 1.58 bits per heavy atom. The predicted molar refractivity (Wildman–Crippen MR) is 94.6 cm³/mol. The first kappa shape index (κ1) is 16.7. The van der Waals surface area contributed by atoms with Crippen LogP contribution in [0.15, 0.2) is 6.33 Å². The number of ether oxygens (including phenoxy) is 2. The number of aromatic nitrogens is 2. The van der Waals surface area contributed by atoms with Crippen LogP contribution in [-0.2, 0) is 18.5 Å². The van der Waals surface area contributed by atoms with E-state index in [1.165, 1.54) is 6.33 Å². The zero-order valence-corrected chi connectivity index (χ0v) is 15.6. The fourth-order valence-electron chi connectivity index (χ4n) is 3.25. The summed E-state index contributed by atoms with van der Waals surface area (Å²) in [4.78, 5) is 20.3. The number of nitrogens with one attached hydrogen (secondary N) is 1. The summed E-state index contributed by atoms with van der Waals surface area (Å²) in [5.74, 6) is 0.964. The van der Waals surface area contributed by atoms with Crippen LogP contribution in [0.2, 0.25) is 0 Å². The zero-order valence-electron chi connectivity index (χ0n) is 13.0. The average Bonchev–Trinajstić information content (AvgIpc) is 3.03. The summed E-state index contributed by atoms with van der Waals surface area (Å²) < 4.78 is 22.9. The van der Waals surface area contributed by atoms with Gasteiger partial charge in [0.05, 0.1) is 0 Å². The maximum absolute atomic E-state index is 10.1. The minimum atomic E-state index is -3.15. The van der Waals surface area contributed by atoms with Gasteiger partial charge in [0.1, 0.15) is 0 Å². The second-order valence-corrected chi connectivity index (χ2v) is 9.09. The van der Waals surface area contributed by atoms with E-state index in [0.717, 1.165) is 0 Å². The fraction of sp³-hybridized carbons (Fsp3) is 0.636. The summed E-state index contributed by atoms with van der Waals surface area (Å²) in [6, 6.07) is 0. The van der Waals surface area contributed by atoms with E-state index in [-0.39, 0.29) is 17.8 Å². The number of fused-ring (bicyclic) bond motifs is 2. The van der Waals surface area contributed by atoms with Gasteiger partial charge in [-0.2, -0.15) is 0 Å². The Bertz CT molecular complexity index is 659. The summed E-state index contributed by atoms with van der Waals surface area (Å²) in [6.45, 7) is 0.257. The van der Waals surface area contributed by atoms with Crippen LogP contribution in [0, 0.1) is 0 Å². The van der Waals surface area contributed by atoms with E-state index < -0.39 is 26.3 Å². The molecule has 4 unspecified atom stereocenters. The molecule has 1 aromatic rings. The van der Waals surface area contributed by atoms with Gasteiger partial charge in [-0.1, -0.05) is 0 Å². The number of alkyl halides is 1. The Kier molecular flexibility index (Phi) is 4.11. The number of hydrogen-bond acceptors (Lipinski definition) is 10. The van der Waals surface area contributed by atoms with Crippen LogP contribution in [0.1, 0.15) is 0 Å². The molecule has 10 nitrogen and oxygen atoms in total. The van der Waals surface area contributed by atoms with Gasteiger partial charge in [0.15, 0.2) is 0 Å². The molecule has 2 saturated heterocycles. The van der Waals surface area contributed by atoms with Crippen LogP contribution in [0.4, 0.5) is 17.3 Å². The van der Waals surface area contributed by atoms with Crippen molar-refractivity contribution in [3.8, 4) is 0 Å². The van der Waals surface area contributed by atoms with E-state index in [1.54, 1.807) is 14.7 Å². The first-order valence-electron chi connectivity index (χ1n) is 7.43. The molecule has 0 radical (unpaired) electrons. The summed E-state index contributed by atoms with van der Waals surface area (Å²) >= 11 is 3.55. The van der Waals surface area contributed by atoms with E-state index in [1.807, 2.05) is 4.90 Å². The second kappa shape index (κ2) is 5.91. The van der Waals surface area contributed by atoms with Crippen molar-refractivity contribution in [2.45, 2.75) is 29.6 Å². The summed E-state index contributed by atoms with van der Waals surface area (Å²) in [5.41, 5.74) is 6.54. The Morgan fingerprint density at radius 3 is 3.12 bits per heavy atom. The molecule has 1 aromatic heterocycles. The fourth-order valence-corrected chi connectivity index (χ4v) is 5.24. The van der Waals surface area contributed by atoms with E-state index in [4.69, 9.17) is 24.3 Å². The number of hydrogen-bond donors (Lipinski definition) is 3. The number of anilines is 3. The van der Waals surface area contributed by atoms with Gasteiger partial charge in [-0.3, -0.25) is 0 Å². The van der Waals surface area contributed by atoms with Gasteiger partial charge < -0.3 is 0 Å². The van der Waals surface area contributed by atoms with Gasteiger partial charge in [0.25, 0.3) is 0 Å². The predicted octanol–water partition coefficient (Wildman–Crippen LogP) is -0.840. The zero-order chi connectivity index (χ0) is 17.1. The first-order chi connectivity index (χ1) is 11.4. The van der Waals surface area contributed by atoms with Gasteiger partial charge in [-0.15, -0.1) is 0 Å². The Labute approximate surface area is 148 Å². The molecule has 4 heterocycles. The van der Waals surface area contributed by atoms with Crippen molar-refractivity contribution >= 4 is 48.6 Å². The molecular weight excluding hydrogens is 404 g/mol. The van der Waals surface area contributed by atoms with E-state index in [2.05, 4.69) is 31.2 Å². The molecule has 2 fully saturated rings. The molecule has 4 N–H and O–H groups in total. The van der Waals surface area contributed by atoms with Crippen molar-refractivity contribution < 1.29 is 23.4 Å². The molecule has 0 aromatic carbocycles. The second-order valence-electron chi connectivity index (χ2n) is 5.90. The monoisotopic (exact) mass is 421 g/mol. The van der Waals surface area contributed by atoms with Gasteiger partial charge >= 0.3 is 148 Å². The van der Waals surface area contributed by atoms with Gasteiger partial charge in [-0.25, -0.2) is 0 Å². The quantitative estimate of drug-likeness (QED) is 0.241. The SMILES string of the molecule is B[PH]1(O)OCC2OC(N3c4ncnc(N)c4NC3Br)C(OC)[C@@H]2O1. The number of halogens is 1. The number of rotatable bonds is 2. The Hall–Kier alpha value is -0.745. The third-order valence-corrected chi connectivity index (χ3v) is 6.39. The first-order valence-corrected chi connectivity index (χ1v) is 10.6. The molecule has 0 aliphatic carbocycles.